The van der Waals surface area contributed by atoms with Gasteiger partial charge in [-0.25, -0.2) is 0 Å². The molecule has 4 unspecified atom stereocenters. The Bertz CT molecular complexity index is 1240. The zero-order valence-corrected chi connectivity index (χ0v) is 24.5. The fourth-order valence-corrected chi connectivity index (χ4v) is 8.94. The second kappa shape index (κ2) is 11.3. The number of hydrogen-bond acceptors (Lipinski definition) is 6. The van der Waals surface area contributed by atoms with Crippen LogP contribution in [0.3, 0.4) is 0 Å². The second-order valence-corrected chi connectivity index (χ2v) is 13.3. The van der Waals surface area contributed by atoms with Crippen LogP contribution in [0.1, 0.15) is 90.0 Å². The summed E-state index contributed by atoms with van der Waals surface area (Å²) in [7, 11) is 0. The molecule has 7 atom stereocenters. The number of allylic oxidation sites excluding steroid dienone is 2. The number of aliphatic hydroxyl groups is 1. The summed E-state index contributed by atoms with van der Waals surface area (Å²) in [5.74, 6) is -0.213. The second-order valence-electron chi connectivity index (χ2n) is 13.3. The van der Waals surface area contributed by atoms with E-state index >= 15 is 0 Å². The number of nitrogens with zero attached hydrogens (tertiary/aromatic N) is 1. The first-order valence-corrected chi connectivity index (χ1v) is 15.1. The average Bonchev–Trinajstić information content (AvgIpc) is 3.23. The first-order chi connectivity index (χ1) is 19.5. The average molecular weight is 565 g/mol. The lowest BCUT2D eigenvalue weighted by atomic mass is 9.46. The minimum atomic E-state index is -1.19. The van der Waals surface area contributed by atoms with Crippen molar-refractivity contribution in [3.63, 3.8) is 0 Å². The molecular formula is C33H44N2O6. The molecule has 1 amide bonds. The highest BCUT2D eigenvalue weighted by Gasteiger charge is 2.65. The molecule has 4 aliphatic rings. The monoisotopic (exact) mass is 564 g/mol. The quantitative estimate of drug-likeness (QED) is 0.362. The number of carboxylic acids is 1. The maximum absolute atomic E-state index is 12.5. The number of Topliss-reactive ketones (excluding diaryl/α,β-unsaturated/α-hetero) is 1. The Morgan fingerprint density at radius 3 is 2.49 bits per heavy atom. The SMILES string of the molecule is CC(=O)[C@@]1(O)CCC2C3CCC4=CC(=NOCC(=O)NCC(CC(=O)O)c5ccccc5)CC[C@]4(C)C3CC[C@@]21C. The van der Waals surface area contributed by atoms with Gasteiger partial charge in [0.15, 0.2) is 12.4 Å². The molecule has 5 rings (SSSR count). The van der Waals surface area contributed by atoms with Gasteiger partial charge in [-0.3, -0.25) is 14.4 Å². The van der Waals surface area contributed by atoms with Gasteiger partial charge in [-0.05, 0) is 93.1 Å². The molecule has 3 N–H and O–H groups in total. The molecule has 0 heterocycles. The van der Waals surface area contributed by atoms with Crippen molar-refractivity contribution >= 4 is 23.4 Å². The third kappa shape index (κ3) is 5.36. The van der Waals surface area contributed by atoms with Crippen LogP contribution < -0.4 is 5.32 Å². The molecule has 3 fully saturated rings. The molecule has 4 aliphatic carbocycles. The number of carbonyl (C=O) groups excluding carboxylic acids is 2. The Labute approximate surface area is 242 Å². The van der Waals surface area contributed by atoms with Gasteiger partial charge in [0, 0.05) is 17.9 Å². The van der Waals surface area contributed by atoms with Crippen LogP contribution >= 0.6 is 0 Å². The Morgan fingerprint density at radius 2 is 1.78 bits per heavy atom. The number of rotatable bonds is 9. The maximum Gasteiger partial charge on any atom is 0.304 e. The van der Waals surface area contributed by atoms with Gasteiger partial charge in [0.25, 0.3) is 5.91 Å². The van der Waals surface area contributed by atoms with Gasteiger partial charge in [0.2, 0.25) is 0 Å². The Kier molecular flexibility index (Phi) is 8.16. The summed E-state index contributed by atoms with van der Waals surface area (Å²) < 4.78 is 0. The predicted octanol–water partition coefficient (Wildman–Crippen LogP) is 5.02. The van der Waals surface area contributed by atoms with Crippen molar-refractivity contribution in [2.75, 3.05) is 13.2 Å². The molecule has 0 bridgehead atoms. The molecule has 222 valence electrons. The summed E-state index contributed by atoms with van der Waals surface area (Å²) in [6.45, 7) is 6.09. The largest absolute Gasteiger partial charge is 0.481 e. The molecule has 8 heteroatoms. The van der Waals surface area contributed by atoms with Gasteiger partial charge in [-0.2, -0.15) is 0 Å². The van der Waals surface area contributed by atoms with Gasteiger partial charge >= 0.3 is 5.97 Å². The first-order valence-electron chi connectivity index (χ1n) is 15.1. The zero-order chi connectivity index (χ0) is 29.4. The van der Waals surface area contributed by atoms with Crippen LogP contribution in [-0.2, 0) is 19.2 Å². The smallest absolute Gasteiger partial charge is 0.304 e. The standard InChI is InChI=1S/C33H44N2O6/c1-21(36)33(40)16-13-28-26-10-9-24-18-25(11-14-31(24,2)27(26)12-15-32(28,33)3)35-41-20-29(37)34-19-23(17-30(38)39)22-7-5-4-6-8-22/h4-8,18,23,26-28,40H,9-17,19-20H2,1-3H3,(H,34,37)(H,38,39)/t23?,26?,27?,28?,31-,32-,33-/m0/s1. The number of aliphatic carboxylic acids is 1. The molecule has 0 radical (unpaired) electrons. The molecule has 3 saturated carbocycles. The van der Waals surface area contributed by atoms with E-state index in [-0.39, 0.29) is 48.0 Å². The number of ketones is 1. The fraction of sp³-hybridized carbons (Fsp3) is 0.636. The van der Waals surface area contributed by atoms with Crippen molar-refractivity contribution in [2.45, 2.75) is 90.1 Å². The predicted molar refractivity (Wildman–Crippen MR) is 155 cm³/mol. The molecular weight excluding hydrogens is 520 g/mol. The van der Waals surface area contributed by atoms with E-state index in [9.17, 15) is 24.6 Å². The van der Waals surface area contributed by atoms with Crippen LogP contribution in [0, 0.1) is 28.6 Å². The molecule has 0 aromatic heterocycles. The molecule has 8 nitrogen and oxygen atoms in total. The highest BCUT2D eigenvalue weighted by Crippen LogP contribution is 2.67. The molecule has 1 aromatic rings. The van der Waals surface area contributed by atoms with Gasteiger partial charge in [0.05, 0.1) is 12.1 Å². The van der Waals surface area contributed by atoms with E-state index in [1.165, 1.54) is 5.57 Å². The number of amides is 1. The zero-order valence-electron chi connectivity index (χ0n) is 24.5. The molecule has 0 aliphatic heterocycles. The summed E-state index contributed by atoms with van der Waals surface area (Å²) in [4.78, 5) is 41.7. The summed E-state index contributed by atoms with van der Waals surface area (Å²) in [5.41, 5.74) is 1.68. The summed E-state index contributed by atoms with van der Waals surface area (Å²) in [6.07, 6.45) is 9.31. The number of carboxylic acid groups (broad SMARTS) is 1. The highest BCUT2D eigenvalue weighted by atomic mass is 16.6. The van der Waals surface area contributed by atoms with E-state index < -0.39 is 11.6 Å². The topological polar surface area (TPSA) is 125 Å². The van der Waals surface area contributed by atoms with Crippen LogP contribution in [0.2, 0.25) is 0 Å². The molecule has 1 aromatic carbocycles. The number of benzene rings is 1. The van der Waals surface area contributed by atoms with E-state index in [0.717, 1.165) is 56.2 Å². The normalized spacial score (nSPS) is 35.9. The lowest BCUT2D eigenvalue weighted by Crippen LogP contribution is -2.57. The maximum atomic E-state index is 12.5. The van der Waals surface area contributed by atoms with Crippen LogP contribution in [0.4, 0.5) is 0 Å². The third-order valence-electron chi connectivity index (χ3n) is 11.3. The van der Waals surface area contributed by atoms with E-state index in [0.29, 0.717) is 24.2 Å². The minimum Gasteiger partial charge on any atom is -0.481 e. The Balaban J connectivity index is 1.18. The number of carbonyl (C=O) groups is 3. The van der Waals surface area contributed by atoms with Crippen LogP contribution in [0.15, 0.2) is 47.1 Å². The number of hydrogen-bond donors (Lipinski definition) is 3. The summed E-state index contributed by atoms with van der Waals surface area (Å²) >= 11 is 0. The van der Waals surface area contributed by atoms with Crippen LogP contribution in [0.25, 0.3) is 0 Å². The van der Waals surface area contributed by atoms with Crippen molar-refractivity contribution in [3.8, 4) is 0 Å². The molecule has 0 saturated heterocycles. The lowest BCUT2D eigenvalue weighted by Gasteiger charge is -2.59. The summed E-state index contributed by atoms with van der Waals surface area (Å²) in [6, 6.07) is 9.32. The van der Waals surface area contributed by atoms with E-state index in [1.807, 2.05) is 30.3 Å². The fourth-order valence-electron chi connectivity index (χ4n) is 8.94. The van der Waals surface area contributed by atoms with Crippen LogP contribution in [0.5, 0.6) is 0 Å². The van der Waals surface area contributed by atoms with Crippen molar-refractivity contribution in [1.29, 1.82) is 0 Å². The van der Waals surface area contributed by atoms with Crippen molar-refractivity contribution in [2.24, 2.45) is 33.7 Å². The number of oxime groups is 1. The van der Waals surface area contributed by atoms with Crippen molar-refractivity contribution in [3.05, 3.63) is 47.5 Å². The molecule has 0 spiro atoms. The van der Waals surface area contributed by atoms with E-state index in [4.69, 9.17) is 4.84 Å². The van der Waals surface area contributed by atoms with E-state index in [2.05, 4.69) is 30.4 Å². The molecule has 41 heavy (non-hydrogen) atoms. The Hall–Kier alpha value is -3.00. The van der Waals surface area contributed by atoms with Crippen molar-refractivity contribution < 1.29 is 29.4 Å². The van der Waals surface area contributed by atoms with Crippen LogP contribution in [-0.4, -0.2) is 52.3 Å². The lowest BCUT2D eigenvalue weighted by molar-refractivity contribution is -0.159. The third-order valence-corrected chi connectivity index (χ3v) is 11.3. The Morgan fingerprint density at radius 1 is 1.05 bits per heavy atom. The first kappa shape index (κ1) is 29.5. The van der Waals surface area contributed by atoms with Gasteiger partial charge < -0.3 is 20.4 Å². The van der Waals surface area contributed by atoms with Gasteiger partial charge in [-0.1, -0.05) is 54.9 Å². The highest BCUT2D eigenvalue weighted by molar-refractivity contribution is 5.96. The summed E-state index contributed by atoms with van der Waals surface area (Å²) in [5, 5.41) is 27.7. The number of fused-ring (bicyclic) bond motifs is 5. The van der Waals surface area contributed by atoms with Gasteiger partial charge in [0.1, 0.15) is 5.60 Å². The number of nitrogens with one attached hydrogen (secondary N) is 1. The minimum absolute atomic E-state index is 0.0702. The van der Waals surface area contributed by atoms with E-state index in [1.54, 1.807) is 6.92 Å². The van der Waals surface area contributed by atoms with Gasteiger partial charge in [-0.15, -0.1) is 0 Å². The van der Waals surface area contributed by atoms with Crippen molar-refractivity contribution in [1.82, 2.24) is 5.32 Å².